The molecule has 10 heteroatoms. The van der Waals surface area contributed by atoms with Gasteiger partial charge in [0.2, 0.25) is 5.82 Å². The summed E-state index contributed by atoms with van der Waals surface area (Å²) in [5.74, 6) is -0.619. The fraction of sp³-hybridized carbons (Fsp3) is 0.353. The maximum atomic E-state index is 12.0. The number of anilines is 2. The van der Waals surface area contributed by atoms with Crippen molar-refractivity contribution in [3.05, 3.63) is 50.7 Å². The number of aromatic amines is 2. The number of aromatic nitrogens is 3. The number of amides is 1. The minimum absolute atomic E-state index is 0.159. The Hall–Kier alpha value is -3.43. The molecule has 2 rings (SSSR count). The van der Waals surface area contributed by atoms with E-state index in [1.54, 1.807) is 0 Å². The molecule has 1 atom stereocenters. The third-order valence-corrected chi connectivity index (χ3v) is 3.87. The number of hydrogen-bond donors (Lipinski definition) is 4. The average Bonchev–Trinajstić information content (AvgIpc) is 2.66. The number of nitrogens with zero attached hydrogens (tertiary/aromatic N) is 3. The van der Waals surface area contributed by atoms with Gasteiger partial charge in [0.25, 0.3) is 11.5 Å². The van der Waals surface area contributed by atoms with Crippen molar-refractivity contribution in [2.45, 2.75) is 26.8 Å². The van der Waals surface area contributed by atoms with Gasteiger partial charge in [-0.25, -0.2) is 15.3 Å². The standard InChI is InChI=1S/C17H23N7O3/c1-4-24(5-2)13-8-6-12(7-9-13)10-18-22-15(25)11(3)19-14-16(26)20-17(27)23-21-14/h6-11H,4-5H2,1-3H3,(H,19,21)(H,22,25)(H2,20,23,26,27)/b18-10+. The van der Waals surface area contributed by atoms with Crippen molar-refractivity contribution in [1.82, 2.24) is 20.6 Å². The molecule has 10 nitrogen and oxygen atoms in total. The van der Waals surface area contributed by atoms with E-state index in [0.717, 1.165) is 24.3 Å². The second-order valence-corrected chi connectivity index (χ2v) is 5.72. The van der Waals surface area contributed by atoms with Crippen molar-refractivity contribution >= 4 is 23.6 Å². The van der Waals surface area contributed by atoms with Crippen LogP contribution >= 0.6 is 0 Å². The van der Waals surface area contributed by atoms with Crippen molar-refractivity contribution in [2.75, 3.05) is 23.3 Å². The summed E-state index contributed by atoms with van der Waals surface area (Å²) in [6.45, 7) is 7.59. The van der Waals surface area contributed by atoms with Gasteiger partial charge in [-0.05, 0) is 38.5 Å². The molecule has 0 saturated heterocycles. The highest BCUT2D eigenvalue weighted by atomic mass is 16.2. The summed E-state index contributed by atoms with van der Waals surface area (Å²) in [7, 11) is 0. The van der Waals surface area contributed by atoms with E-state index in [4.69, 9.17) is 0 Å². The molecule has 0 fully saturated rings. The predicted molar refractivity (Wildman–Crippen MR) is 104 cm³/mol. The van der Waals surface area contributed by atoms with Gasteiger partial charge in [0.1, 0.15) is 6.04 Å². The summed E-state index contributed by atoms with van der Waals surface area (Å²) >= 11 is 0. The van der Waals surface area contributed by atoms with Crippen molar-refractivity contribution < 1.29 is 4.79 Å². The summed E-state index contributed by atoms with van der Waals surface area (Å²) in [5.41, 5.74) is 2.91. The van der Waals surface area contributed by atoms with Gasteiger partial charge in [-0.3, -0.25) is 14.6 Å². The molecule has 1 amide bonds. The topological polar surface area (TPSA) is 135 Å². The Bertz CT molecular complexity index is 898. The third-order valence-electron chi connectivity index (χ3n) is 3.87. The normalized spacial score (nSPS) is 12.0. The van der Waals surface area contributed by atoms with Gasteiger partial charge >= 0.3 is 5.69 Å². The second-order valence-electron chi connectivity index (χ2n) is 5.72. The second kappa shape index (κ2) is 9.32. The Kier molecular flexibility index (Phi) is 6.86. The van der Waals surface area contributed by atoms with Crippen LogP contribution in [-0.4, -0.2) is 46.4 Å². The lowest BCUT2D eigenvalue weighted by atomic mass is 10.2. The van der Waals surface area contributed by atoms with Gasteiger partial charge < -0.3 is 10.2 Å². The molecule has 1 heterocycles. The molecule has 1 aromatic heterocycles. The quantitative estimate of drug-likeness (QED) is 0.387. The number of hydrazone groups is 1. The number of rotatable bonds is 8. The number of nitrogens with one attached hydrogen (secondary N) is 4. The van der Waals surface area contributed by atoms with Crippen LogP contribution in [0.5, 0.6) is 0 Å². The molecule has 0 saturated carbocycles. The fourth-order valence-corrected chi connectivity index (χ4v) is 2.34. The number of H-pyrrole nitrogens is 2. The first kappa shape index (κ1) is 19.9. The van der Waals surface area contributed by atoms with Crippen molar-refractivity contribution in [2.24, 2.45) is 5.10 Å². The molecular formula is C17H23N7O3. The highest BCUT2D eigenvalue weighted by molar-refractivity contribution is 5.86. The fourth-order valence-electron chi connectivity index (χ4n) is 2.34. The lowest BCUT2D eigenvalue weighted by molar-refractivity contribution is -0.121. The van der Waals surface area contributed by atoms with E-state index in [-0.39, 0.29) is 5.82 Å². The maximum Gasteiger partial charge on any atom is 0.342 e. The molecular weight excluding hydrogens is 350 g/mol. The SMILES string of the molecule is CCN(CC)c1ccc(/C=N/NC(=O)C(C)Nc2n[nH]c(=O)[nH]c2=O)cc1. The predicted octanol–water partition coefficient (Wildman–Crippen LogP) is 0.255. The molecule has 144 valence electrons. The van der Waals surface area contributed by atoms with Crippen LogP contribution in [0.25, 0.3) is 0 Å². The molecule has 0 aliphatic heterocycles. The maximum absolute atomic E-state index is 12.0. The van der Waals surface area contributed by atoms with E-state index < -0.39 is 23.2 Å². The van der Waals surface area contributed by atoms with Crippen LogP contribution in [0.4, 0.5) is 11.5 Å². The number of hydrogen-bond acceptors (Lipinski definition) is 7. The van der Waals surface area contributed by atoms with E-state index in [9.17, 15) is 14.4 Å². The van der Waals surface area contributed by atoms with E-state index in [2.05, 4.69) is 44.8 Å². The van der Waals surface area contributed by atoms with Gasteiger partial charge in [-0.1, -0.05) is 12.1 Å². The number of benzene rings is 1. The minimum Gasteiger partial charge on any atom is -0.372 e. The molecule has 0 spiro atoms. The number of carbonyl (C=O) groups is 1. The van der Waals surface area contributed by atoms with Crippen LogP contribution in [0.2, 0.25) is 0 Å². The zero-order valence-corrected chi connectivity index (χ0v) is 15.4. The van der Waals surface area contributed by atoms with Gasteiger partial charge in [0.05, 0.1) is 6.21 Å². The average molecular weight is 373 g/mol. The van der Waals surface area contributed by atoms with E-state index in [0.29, 0.717) is 0 Å². The van der Waals surface area contributed by atoms with Gasteiger partial charge in [-0.15, -0.1) is 5.10 Å². The highest BCUT2D eigenvalue weighted by Crippen LogP contribution is 2.13. The summed E-state index contributed by atoms with van der Waals surface area (Å²) in [6.07, 6.45) is 1.53. The van der Waals surface area contributed by atoms with Crippen LogP contribution in [0.15, 0.2) is 39.0 Å². The molecule has 1 aromatic carbocycles. The summed E-state index contributed by atoms with van der Waals surface area (Å²) < 4.78 is 0. The van der Waals surface area contributed by atoms with Crippen LogP contribution in [0.3, 0.4) is 0 Å². The summed E-state index contributed by atoms with van der Waals surface area (Å²) in [5, 5.41) is 12.1. The summed E-state index contributed by atoms with van der Waals surface area (Å²) in [6, 6.07) is 7.03. The Morgan fingerprint density at radius 1 is 1.26 bits per heavy atom. The number of carbonyl (C=O) groups excluding carboxylic acids is 1. The molecule has 0 bridgehead atoms. The van der Waals surface area contributed by atoms with Crippen molar-refractivity contribution in [3.8, 4) is 0 Å². The molecule has 1 unspecified atom stereocenters. The molecule has 4 N–H and O–H groups in total. The van der Waals surface area contributed by atoms with Gasteiger partial charge in [-0.2, -0.15) is 5.10 Å². The summed E-state index contributed by atoms with van der Waals surface area (Å²) in [4.78, 5) is 38.7. The van der Waals surface area contributed by atoms with E-state index in [1.807, 2.05) is 29.2 Å². The van der Waals surface area contributed by atoms with Crippen molar-refractivity contribution in [3.63, 3.8) is 0 Å². The highest BCUT2D eigenvalue weighted by Gasteiger charge is 2.14. The first-order valence-electron chi connectivity index (χ1n) is 8.58. The van der Waals surface area contributed by atoms with Gasteiger partial charge in [0.15, 0.2) is 0 Å². The Morgan fingerprint density at radius 2 is 1.93 bits per heavy atom. The first-order chi connectivity index (χ1) is 12.9. The Morgan fingerprint density at radius 3 is 2.52 bits per heavy atom. The smallest absolute Gasteiger partial charge is 0.342 e. The molecule has 0 aliphatic carbocycles. The first-order valence-corrected chi connectivity index (χ1v) is 8.58. The molecule has 0 aliphatic rings. The van der Waals surface area contributed by atoms with Crippen LogP contribution in [0, 0.1) is 0 Å². The third kappa shape index (κ3) is 5.53. The largest absolute Gasteiger partial charge is 0.372 e. The lowest BCUT2D eigenvalue weighted by Gasteiger charge is -2.20. The van der Waals surface area contributed by atoms with Gasteiger partial charge in [0, 0.05) is 18.8 Å². The van der Waals surface area contributed by atoms with Crippen molar-refractivity contribution in [1.29, 1.82) is 0 Å². The molecule has 27 heavy (non-hydrogen) atoms. The van der Waals surface area contributed by atoms with E-state index in [1.165, 1.54) is 13.1 Å². The molecule has 2 aromatic rings. The monoisotopic (exact) mass is 373 g/mol. The van der Waals surface area contributed by atoms with Crippen LogP contribution in [0.1, 0.15) is 26.3 Å². The zero-order valence-electron chi connectivity index (χ0n) is 15.4. The Labute approximate surface area is 155 Å². The minimum atomic E-state index is -0.785. The van der Waals surface area contributed by atoms with Crippen LogP contribution in [-0.2, 0) is 4.79 Å². The van der Waals surface area contributed by atoms with Crippen LogP contribution < -0.4 is 26.9 Å². The van der Waals surface area contributed by atoms with E-state index >= 15 is 0 Å². The lowest BCUT2D eigenvalue weighted by Crippen LogP contribution is -2.38. The molecule has 0 radical (unpaired) electrons. The Balaban J connectivity index is 1.92. The zero-order chi connectivity index (χ0) is 19.8.